The quantitative estimate of drug-likeness (QED) is 0.196. The maximum Gasteiger partial charge on any atom is 0.416 e. The van der Waals surface area contributed by atoms with Gasteiger partial charge < -0.3 is 14.2 Å². The number of methoxy groups -OCH3 is 1. The summed E-state index contributed by atoms with van der Waals surface area (Å²) < 4.78 is 53.8. The van der Waals surface area contributed by atoms with Gasteiger partial charge in [0.15, 0.2) is 0 Å². The van der Waals surface area contributed by atoms with Crippen molar-refractivity contribution < 1.29 is 37.1 Å². The van der Waals surface area contributed by atoms with Crippen LogP contribution in [0.3, 0.4) is 0 Å². The van der Waals surface area contributed by atoms with Gasteiger partial charge in [0.2, 0.25) is 5.75 Å². The number of carbonyl (C=O) groups is 1. The third-order valence-electron chi connectivity index (χ3n) is 3.86. The molecule has 0 amide bonds. The Morgan fingerprint density at radius 1 is 1.23 bits per heavy atom. The highest BCUT2D eigenvalue weighted by molar-refractivity contribution is 8.00. The van der Waals surface area contributed by atoms with Crippen molar-refractivity contribution >= 4 is 35.0 Å². The molecule has 0 saturated heterocycles. The Morgan fingerprint density at radius 3 is 2.52 bits per heavy atom. The molecule has 0 heterocycles. The molecule has 0 saturated carbocycles. The van der Waals surface area contributed by atoms with E-state index in [0.717, 1.165) is 24.3 Å². The predicted molar refractivity (Wildman–Crippen MR) is 109 cm³/mol. The summed E-state index contributed by atoms with van der Waals surface area (Å²) in [5.41, 5.74) is -1.26. The van der Waals surface area contributed by atoms with Crippen LogP contribution in [0.4, 0.5) is 18.9 Å². The molecule has 0 aromatic heterocycles. The molecule has 168 valence electrons. The Balaban J connectivity index is 2.12. The molecule has 0 spiro atoms. The number of hydrogen-bond donors (Lipinski definition) is 0. The summed E-state index contributed by atoms with van der Waals surface area (Å²) in [6.07, 6.45) is -4.56. The van der Waals surface area contributed by atoms with E-state index < -0.39 is 27.9 Å². The van der Waals surface area contributed by atoms with E-state index in [1.165, 1.54) is 31.0 Å². The number of halogens is 4. The van der Waals surface area contributed by atoms with Gasteiger partial charge >= 0.3 is 17.8 Å². The highest BCUT2D eigenvalue weighted by atomic mass is 35.5. The second-order valence-electron chi connectivity index (χ2n) is 6.02. The molecule has 12 heteroatoms. The monoisotopic (exact) mass is 479 g/mol. The molecule has 2 rings (SSSR count). The van der Waals surface area contributed by atoms with Crippen LogP contribution >= 0.6 is 23.4 Å². The van der Waals surface area contributed by atoms with Crippen molar-refractivity contribution in [3.05, 3.63) is 57.1 Å². The third-order valence-corrected chi connectivity index (χ3v) is 5.25. The Morgan fingerprint density at radius 2 is 1.94 bits per heavy atom. The van der Waals surface area contributed by atoms with E-state index in [0.29, 0.717) is 5.75 Å². The second-order valence-corrected chi connectivity index (χ2v) is 7.87. The Labute approximate surface area is 184 Å². The number of ether oxygens (including phenoxy) is 3. The number of nitro groups is 1. The van der Waals surface area contributed by atoms with Gasteiger partial charge in [0, 0.05) is 17.9 Å². The maximum absolute atomic E-state index is 12.8. The fourth-order valence-electron chi connectivity index (χ4n) is 2.32. The van der Waals surface area contributed by atoms with Gasteiger partial charge in [0.1, 0.15) is 11.5 Å². The highest BCUT2D eigenvalue weighted by Crippen LogP contribution is 2.38. The fourth-order valence-corrected chi connectivity index (χ4v) is 3.31. The van der Waals surface area contributed by atoms with Crippen LogP contribution in [0, 0.1) is 10.1 Å². The van der Waals surface area contributed by atoms with Crippen molar-refractivity contribution in [3.8, 4) is 17.2 Å². The number of carbonyl (C=O) groups excluding carboxylic acids is 1. The van der Waals surface area contributed by atoms with Gasteiger partial charge in [-0.25, -0.2) is 0 Å². The molecule has 0 radical (unpaired) electrons. The van der Waals surface area contributed by atoms with Crippen molar-refractivity contribution in [3.63, 3.8) is 0 Å². The zero-order chi connectivity index (χ0) is 23.2. The third kappa shape index (κ3) is 6.93. The van der Waals surface area contributed by atoms with Crippen LogP contribution in [0.15, 0.2) is 36.4 Å². The summed E-state index contributed by atoms with van der Waals surface area (Å²) in [7, 11) is 1.27. The smallest absolute Gasteiger partial charge is 0.416 e. The molecule has 2 aromatic carbocycles. The Bertz CT molecular complexity index is 957. The minimum atomic E-state index is -4.56. The lowest BCUT2D eigenvalue weighted by Gasteiger charge is -2.13. The molecule has 2 aromatic rings. The van der Waals surface area contributed by atoms with Crippen LogP contribution in [-0.4, -0.2) is 35.6 Å². The van der Waals surface area contributed by atoms with E-state index >= 15 is 0 Å². The van der Waals surface area contributed by atoms with E-state index in [4.69, 9.17) is 21.1 Å². The van der Waals surface area contributed by atoms with Crippen LogP contribution in [0.2, 0.25) is 5.02 Å². The topological polar surface area (TPSA) is 87.9 Å². The lowest BCUT2D eigenvalue weighted by Crippen LogP contribution is -2.16. The number of benzene rings is 2. The van der Waals surface area contributed by atoms with E-state index in [1.807, 2.05) is 0 Å². The van der Waals surface area contributed by atoms with Gasteiger partial charge in [-0.2, -0.15) is 13.2 Å². The molecular formula is C19H17ClF3NO6S. The zero-order valence-corrected chi connectivity index (χ0v) is 17.8. The van der Waals surface area contributed by atoms with Gasteiger partial charge in [-0.15, -0.1) is 11.8 Å². The molecule has 0 fully saturated rings. The summed E-state index contributed by atoms with van der Waals surface area (Å²) in [5, 5.41) is 10.5. The zero-order valence-electron chi connectivity index (χ0n) is 16.3. The molecular weight excluding hydrogens is 463 g/mol. The summed E-state index contributed by atoms with van der Waals surface area (Å²) in [4.78, 5) is 22.0. The molecule has 1 atom stereocenters. The average molecular weight is 480 g/mol. The molecule has 7 nitrogen and oxygen atoms in total. The van der Waals surface area contributed by atoms with Gasteiger partial charge in [-0.3, -0.25) is 14.9 Å². The Kier molecular flexibility index (Phi) is 8.40. The number of alkyl halides is 3. The number of nitrogens with zero attached hydrogens (tertiary/aromatic N) is 1. The minimum Gasteiger partial charge on any atom is -0.486 e. The SMILES string of the molecule is COC(=O)C(C)SCCOc1cc(Oc2ccc(C(F)(F)F)cc2Cl)ccc1[N+](=O)[O-]. The number of esters is 1. The van der Waals surface area contributed by atoms with Crippen molar-refractivity contribution in [1.82, 2.24) is 0 Å². The molecule has 1 unspecified atom stereocenters. The number of rotatable bonds is 9. The largest absolute Gasteiger partial charge is 0.486 e. The predicted octanol–water partition coefficient (Wildman–Crippen LogP) is 5.73. The number of nitro benzene ring substituents is 1. The minimum absolute atomic E-state index is 0.0529. The summed E-state index contributed by atoms with van der Waals surface area (Å²) in [6, 6.07) is 6.24. The summed E-state index contributed by atoms with van der Waals surface area (Å²) in [6.45, 7) is 1.71. The van der Waals surface area contributed by atoms with Gasteiger partial charge in [-0.05, 0) is 31.2 Å². The molecule has 0 aliphatic heterocycles. The first-order chi connectivity index (χ1) is 14.5. The van der Waals surface area contributed by atoms with Crippen LogP contribution in [0.5, 0.6) is 17.2 Å². The maximum atomic E-state index is 12.8. The van der Waals surface area contributed by atoms with Crippen molar-refractivity contribution in [2.75, 3.05) is 19.5 Å². The average Bonchev–Trinajstić information content (AvgIpc) is 2.71. The molecule has 0 aliphatic rings. The Hall–Kier alpha value is -2.66. The van der Waals surface area contributed by atoms with E-state index in [-0.39, 0.29) is 34.6 Å². The van der Waals surface area contributed by atoms with E-state index in [9.17, 15) is 28.1 Å². The first-order valence-electron chi connectivity index (χ1n) is 8.68. The normalized spacial score (nSPS) is 12.2. The van der Waals surface area contributed by atoms with Gasteiger partial charge in [0.25, 0.3) is 0 Å². The standard InChI is InChI=1S/C19H17ClF3NO6S/c1-11(18(25)28-2)31-8-7-29-17-10-13(4-5-15(17)24(26)27)30-16-6-3-12(9-14(16)20)19(21,22)23/h3-6,9-11H,7-8H2,1-2H3. The summed E-state index contributed by atoms with van der Waals surface area (Å²) >= 11 is 7.12. The highest BCUT2D eigenvalue weighted by Gasteiger charge is 2.31. The van der Waals surface area contributed by atoms with E-state index in [1.54, 1.807) is 6.92 Å². The number of hydrogen-bond acceptors (Lipinski definition) is 7. The van der Waals surface area contributed by atoms with Gasteiger partial charge in [-0.1, -0.05) is 11.6 Å². The fraction of sp³-hybridized carbons (Fsp3) is 0.316. The van der Waals surface area contributed by atoms with Crippen LogP contribution in [-0.2, 0) is 15.7 Å². The molecule has 0 aliphatic carbocycles. The van der Waals surface area contributed by atoms with E-state index in [2.05, 4.69) is 4.74 Å². The summed E-state index contributed by atoms with van der Waals surface area (Å²) in [5.74, 6) is -0.130. The van der Waals surface area contributed by atoms with Crippen molar-refractivity contribution in [2.45, 2.75) is 18.3 Å². The van der Waals surface area contributed by atoms with Crippen molar-refractivity contribution in [2.24, 2.45) is 0 Å². The second kappa shape index (κ2) is 10.6. The van der Waals surface area contributed by atoms with Crippen LogP contribution in [0.25, 0.3) is 0 Å². The lowest BCUT2D eigenvalue weighted by atomic mass is 10.2. The lowest BCUT2D eigenvalue weighted by molar-refractivity contribution is -0.385. The number of thioether (sulfide) groups is 1. The van der Waals surface area contributed by atoms with Crippen LogP contribution in [0.1, 0.15) is 12.5 Å². The van der Waals surface area contributed by atoms with Crippen molar-refractivity contribution in [1.29, 1.82) is 0 Å². The molecule has 0 bridgehead atoms. The first-order valence-corrected chi connectivity index (χ1v) is 10.1. The van der Waals surface area contributed by atoms with Gasteiger partial charge in [0.05, 0.1) is 34.5 Å². The molecule has 0 N–H and O–H groups in total. The van der Waals surface area contributed by atoms with Crippen LogP contribution < -0.4 is 9.47 Å². The first kappa shape index (κ1) is 24.6. The molecule has 31 heavy (non-hydrogen) atoms.